The summed E-state index contributed by atoms with van der Waals surface area (Å²) in [7, 11) is -3.34. The zero-order valence-corrected chi connectivity index (χ0v) is 8.79. The molecule has 0 radical (unpaired) electrons. The summed E-state index contributed by atoms with van der Waals surface area (Å²) in [4.78, 5) is 1.81. The zero-order chi connectivity index (χ0) is 10.6. The maximum atomic E-state index is 11.1. The molecule has 0 amide bonds. The van der Waals surface area contributed by atoms with Crippen LogP contribution in [0.1, 0.15) is 18.4 Å². The smallest absolute Gasteiger partial charge is 0.224 e. The first-order valence-electron chi connectivity index (χ1n) is 4.30. The van der Waals surface area contributed by atoms with E-state index in [4.69, 9.17) is 5.84 Å². The van der Waals surface area contributed by atoms with Gasteiger partial charge in [-0.25, -0.2) is 8.42 Å². The molecule has 0 fully saturated rings. The van der Waals surface area contributed by atoms with Gasteiger partial charge in [0.15, 0.2) is 0 Å². The van der Waals surface area contributed by atoms with Gasteiger partial charge in [-0.2, -0.15) is 4.83 Å². The molecule has 0 aliphatic rings. The van der Waals surface area contributed by atoms with Gasteiger partial charge < -0.3 is 0 Å². The minimum atomic E-state index is -3.34. The molecule has 0 aliphatic heterocycles. The number of rotatable bonds is 4. The van der Waals surface area contributed by atoms with E-state index in [1.54, 1.807) is 0 Å². The van der Waals surface area contributed by atoms with E-state index in [0.29, 0.717) is 0 Å². The fourth-order valence-electron chi connectivity index (χ4n) is 1.26. The maximum Gasteiger partial charge on any atom is 0.224 e. The fraction of sp³-hybridized carbons (Fsp3) is 0.333. The van der Waals surface area contributed by atoms with Gasteiger partial charge in [-0.05, 0) is 11.5 Å². The lowest BCUT2D eigenvalue weighted by molar-refractivity contribution is 0.578. The van der Waals surface area contributed by atoms with E-state index in [2.05, 4.69) is 0 Å². The highest BCUT2D eigenvalue weighted by atomic mass is 32.2. The molecule has 1 atom stereocenters. The highest BCUT2D eigenvalue weighted by Crippen LogP contribution is 2.15. The Morgan fingerprint density at radius 1 is 1.36 bits per heavy atom. The van der Waals surface area contributed by atoms with E-state index in [1.165, 1.54) is 0 Å². The molecule has 14 heavy (non-hydrogen) atoms. The van der Waals surface area contributed by atoms with Crippen LogP contribution in [-0.4, -0.2) is 14.2 Å². The van der Waals surface area contributed by atoms with Crippen LogP contribution in [0.4, 0.5) is 0 Å². The number of benzene rings is 1. The molecule has 0 heterocycles. The Morgan fingerprint density at radius 3 is 2.43 bits per heavy atom. The molecule has 0 saturated heterocycles. The van der Waals surface area contributed by atoms with Gasteiger partial charge in [0.05, 0.1) is 5.75 Å². The van der Waals surface area contributed by atoms with Crippen molar-refractivity contribution < 1.29 is 8.42 Å². The van der Waals surface area contributed by atoms with E-state index in [1.807, 2.05) is 42.1 Å². The summed E-state index contributed by atoms with van der Waals surface area (Å²) in [6, 6.07) is 9.46. The van der Waals surface area contributed by atoms with Gasteiger partial charge in [-0.15, -0.1) is 0 Å². The van der Waals surface area contributed by atoms with Crippen molar-refractivity contribution in [1.29, 1.82) is 0 Å². The molecule has 4 nitrogen and oxygen atoms in total. The third kappa shape index (κ3) is 3.10. The number of hydrogen-bond acceptors (Lipinski definition) is 3. The van der Waals surface area contributed by atoms with E-state index < -0.39 is 10.0 Å². The van der Waals surface area contributed by atoms with Crippen molar-refractivity contribution in [3.05, 3.63) is 35.9 Å². The quantitative estimate of drug-likeness (QED) is 0.569. The third-order valence-corrected chi connectivity index (χ3v) is 3.32. The Bertz CT molecular complexity index is 375. The second-order valence-corrected chi connectivity index (χ2v) is 5.01. The van der Waals surface area contributed by atoms with Crippen LogP contribution >= 0.6 is 0 Å². The van der Waals surface area contributed by atoms with Gasteiger partial charge >= 0.3 is 0 Å². The number of hydrogen-bond donors (Lipinski definition) is 2. The monoisotopic (exact) mass is 214 g/mol. The van der Waals surface area contributed by atoms with Gasteiger partial charge in [0.25, 0.3) is 0 Å². The molecule has 5 heteroatoms. The molecule has 0 aliphatic carbocycles. The number of sulfonamides is 1. The Morgan fingerprint density at radius 2 is 1.93 bits per heavy atom. The summed E-state index contributed by atoms with van der Waals surface area (Å²) in [5.74, 6) is 4.84. The van der Waals surface area contributed by atoms with Crippen LogP contribution in [0.3, 0.4) is 0 Å². The van der Waals surface area contributed by atoms with Crippen molar-refractivity contribution in [2.24, 2.45) is 5.84 Å². The van der Waals surface area contributed by atoms with E-state index in [9.17, 15) is 8.42 Å². The SMILES string of the molecule is CC(CS(=O)(=O)NN)c1ccccc1. The average Bonchev–Trinajstić information content (AvgIpc) is 2.19. The van der Waals surface area contributed by atoms with Gasteiger partial charge in [0, 0.05) is 0 Å². The molecule has 1 unspecified atom stereocenters. The summed E-state index contributed by atoms with van der Waals surface area (Å²) >= 11 is 0. The Kier molecular flexibility index (Phi) is 3.62. The van der Waals surface area contributed by atoms with E-state index >= 15 is 0 Å². The van der Waals surface area contributed by atoms with Crippen LogP contribution in [-0.2, 0) is 10.0 Å². The standard InChI is InChI=1S/C9H14N2O2S/c1-8(7-14(12,13)11-10)9-5-3-2-4-6-9/h2-6,8,11H,7,10H2,1H3. The predicted molar refractivity (Wildman–Crippen MR) is 56.0 cm³/mol. The molecule has 1 aromatic carbocycles. The molecular formula is C9H14N2O2S. The molecule has 0 aromatic heterocycles. The van der Waals surface area contributed by atoms with Crippen LogP contribution in [0.25, 0.3) is 0 Å². The van der Waals surface area contributed by atoms with E-state index in [-0.39, 0.29) is 11.7 Å². The van der Waals surface area contributed by atoms with Crippen LogP contribution in [0, 0.1) is 0 Å². The molecule has 1 rings (SSSR count). The summed E-state index contributed by atoms with van der Waals surface area (Å²) in [6.45, 7) is 1.85. The second kappa shape index (κ2) is 4.54. The Labute approximate surface area is 84.1 Å². The minimum Gasteiger partial charge on any atom is -0.258 e. The van der Waals surface area contributed by atoms with Crippen LogP contribution in [0.5, 0.6) is 0 Å². The molecule has 78 valence electrons. The fourth-order valence-corrected chi connectivity index (χ4v) is 2.20. The number of hydrazine groups is 1. The molecule has 0 saturated carbocycles. The van der Waals surface area contributed by atoms with Gasteiger partial charge in [-0.1, -0.05) is 37.3 Å². The first-order chi connectivity index (χ1) is 6.55. The van der Waals surface area contributed by atoms with Gasteiger partial charge in [0.2, 0.25) is 10.0 Å². The molecule has 0 spiro atoms. The highest BCUT2D eigenvalue weighted by molar-refractivity contribution is 7.89. The highest BCUT2D eigenvalue weighted by Gasteiger charge is 2.14. The molecule has 1 aromatic rings. The third-order valence-electron chi connectivity index (χ3n) is 2.02. The molecular weight excluding hydrogens is 200 g/mol. The lowest BCUT2D eigenvalue weighted by Crippen LogP contribution is -2.33. The minimum absolute atomic E-state index is 0.00745. The number of nitrogens with one attached hydrogen (secondary N) is 1. The summed E-state index contributed by atoms with van der Waals surface area (Å²) in [6.07, 6.45) is 0. The number of nitrogens with two attached hydrogens (primary N) is 1. The van der Waals surface area contributed by atoms with Crippen molar-refractivity contribution >= 4 is 10.0 Å². The first-order valence-corrected chi connectivity index (χ1v) is 5.95. The normalized spacial score (nSPS) is 13.9. The first kappa shape index (κ1) is 11.2. The van der Waals surface area contributed by atoms with E-state index in [0.717, 1.165) is 5.56 Å². The topological polar surface area (TPSA) is 72.2 Å². The summed E-state index contributed by atoms with van der Waals surface area (Å²) in [5.41, 5.74) is 0.992. The lowest BCUT2D eigenvalue weighted by atomic mass is 10.0. The van der Waals surface area contributed by atoms with Crippen molar-refractivity contribution in [3.63, 3.8) is 0 Å². The summed E-state index contributed by atoms with van der Waals surface area (Å²) < 4.78 is 22.3. The van der Waals surface area contributed by atoms with Crippen molar-refractivity contribution in [2.45, 2.75) is 12.8 Å². The Hall–Kier alpha value is -0.910. The maximum absolute atomic E-state index is 11.1. The van der Waals surface area contributed by atoms with Gasteiger partial charge in [0.1, 0.15) is 0 Å². The van der Waals surface area contributed by atoms with Crippen LogP contribution < -0.4 is 10.7 Å². The Balaban J connectivity index is 2.74. The predicted octanol–water partition coefficient (Wildman–Crippen LogP) is 0.583. The van der Waals surface area contributed by atoms with Gasteiger partial charge in [-0.3, -0.25) is 5.84 Å². The van der Waals surface area contributed by atoms with Crippen molar-refractivity contribution in [1.82, 2.24) is 4.83 Å². The molecule has 3 N–H and O–H groups in total. The summed E-state index contributed by atoms with van der Waals surface area (Å²) in [5, 5.41) is 0. The van der Waals surface area contributed by atoms with Crippen LogP contribution in [0.2, 0.25) is 0 Å². The van der Waals surface area contributed by atoms with Crippen molar-refractivity contribution in [2.75, 3.05) is 5.75 Å². The zero-order valence-electron chi connectivity index (χ0n) is 7.97. The molecule has 0 bridgehead atoms. The van der Waals surface area contributed by atoms with Crippen LogP contribution in [0.15, 0.2) is 30.3 Å². The second-order valence-electron chi connectivity index (χ2n) is 3.21. The largest absolute Gasteiger partial charge is 0.258 e. The average molecular weight is 214 g/mol. The van der Waals surface area contributed by atoms with Crippen molar-refractivity contribution in [3.8, 4) is 0 Å². The lowest BCUT2D eigenvalue weighted by Gasteiger charge is -2.11.